The predicted octanol–water partition coefficient (Wildman–Crippen LogP) is 1.15. The van der Waals surface area contributed by atoms with Gasteiger partial charge in [0.1, 0.15) is 9.71 Å². The second-order valence-corrected chi connectivity index (χ2v) is 6.33. The van der Waals surface area contributed by atoms with Gasteiger partial charge in [-0.3, -0.25) is 4.79 Å². The molecule has 0 spiro atoms. The van der Waals surface area contributed by atoms with Gasteiger partial charge >= 0.3 is 0 Å². The van der Waals surface area contributed by atoms with Crippen molar-refractivity contribution in [1.29, 1.82) is 0 Å². The molecule has 0 aromatic carbocycles. The summed E-state index contributed by atoms with van der Waals surface area (Å²) in [5.74, 6) is -0.242. The van der Waals surface area contributed by atoms with Crippen LogP contribution in [-0.2, 0) is 0 Å². The Balaban J connectivity index is 2.02. The summed E-state index contributed by atoms with van der Waals surface area (Å²) < 4.78 is 0. The molecule has 1 amide bonds. The molecule has 106 valence electrons. The molecule has 6 nitrogen and oxygen atoms in total. The second-order valence-electron chi connectivity index (χ2n) is 5.33. The van der Waals surface area contributed by atoms with E-state index in [0.29, 0.717) is 15.4 Å². The van der Waals surface area contributed by atoms with Gasteiger partial charge in [0.05, 0.1) is 23.5 Å². The van der Waals surface area contributed by atoms with Crippen LogP contribution in [0.5, 0.6) is 0 Å². The summed E-state index contributed by atoms with van der Waals surface area (Å²) in [6.45, 7) is 3.75. The van der Waals surface area contributed by atoms with Crippen molar-refractivity contribution in [3.63, 3.8) is 0 Å². The molecule has 3 rings (SSSR count). The van der Waals surface area contributed by atoms with Gasteiger partial charge in [-0.05, 0) is 32.3 Å². The molecule has 7 heteroatoms. The molecule has 1 saturated carbocycles. The number of nitrogens with one attached hydrogen (secondary N) is 1. The van der Waals surface area contributed by atoms with E-state index in [2.05, 4.69) is 15.5 Å². The number of carbonyl (C=O) groups is 1. The Bertz CT molecular complexity index is 706. The lowest BCUT2D eigenvalue weighted by atomic mass is 10.1. The van der Waals surface area contributed by atoms with Gasteiger partial charge in [0.25, 0.3) is 5.91 Å². The van der Waals surface area contributed by atoms with E-state index < -0.39 is 5.54 Å². The molecule has 0 radical (unpaired) electrons. The molecular weight excluding hydrogens is 276 g/mol. The first-order valence-electron chi connectivity index (χ1n) is 6.43. The fourth-order valence-corrected chi connectivity index (χ4v) is 3.18. The SMILES string of the molecule is Cc1nnc2sc(C(=O)NC3(CO)CC3)c(N)c2c1C. The number of aromatic nitrogens is 2. The third-order valence-corrected chi connectivity index (χ3v) is 4.96. The van der Waals surface area contributed by atoms with E-state index in [-0.39, 0.29) is 12.5 Å². The van der Waals surface area contributed by atoms with Crippen molar-refractivity contribution in [1.82, 2.24) is 15.5 Å². The number of aliphatic hydroxyl groups is 1. The molecular formula is C13H16N4O2S. The zero-order chi connectivity index (χ0) is 14.5. The standard InChI is InChI=1S/C13H16N4O2S/c1-6-7(2)16-17-12-8(6)9(14)10(20-12)11(19)15-13(5-18)3-4-13/h18H,3-5,14H2,1-2H3,(H,15,19). The minimum absolute atomic E-state index is 0.0402. The Morgan fingerprint density at radius 3 is 2.75 bits per heavy atom. The van der Waals surface area contributed by atoms with Crippen molar-refractivity contribution in [2.45, 2.75) is 32.2 Å². The van der Waals surface area contributed by atoms with Gasteiger partial charge in [-0.15, -0.1) is 16.4 Å². The van der Waals surface area contributed by atoms with Crippen LogP contribution >= 0.6 is 11.3 Å². The van der Waals surface area contributed by atoms with Gasteiger partial charge in [-0.1, -0.05) is 0 Å². The quantitative estimate of drug-likeness (QED) is 0.787. The van der Waals surface area contributed by atoms with Crippen LogP contribution in [0.2, 0.25) is 0 Å². The minimum Gasteiger partial charge on any atom is -0.397 e. The Hall–Kier alpha value is -1.73. The summed E-state index contributed by atoms with van der Waals surface area (Å²) in [5.41, 5.74) is 7.87. The van der Waals surface area contributed by atoms with Gasteiger partial charge in [-0.25, -0.2) is 0 Å². The maximum absolute atomic E-state index is 12.3. The normalized spacial score (nSPS) is 16.4. The fraction of sp³-hybridized carbons (Fsp3) is 0.462. The van der Waals surface area contributed by atoms with Crippen molar-refractivity contribution in [2.75, 3.05) is 12.3 Å². The number of hydrogen-bond acceptors (Lipinski definition) is 6. The zero-order valence-corrected chi connectivity index (χ0v) is 12.2. The number of thiophene rings is 1. The molecule has 4 N–H and O–H groups in total. The number of amides is 1. The van der Waals surface area contributed by atoms with Crippen LogP contribution in [0, 0.1) is 13.8 Å². The van der Waals surface area contributed by atoms with Crippen LogP contribution in [0.25, 0.3) is 10.2 Å². The topological polar surface area (TPSA) is 101 Å². The molecule has 0 bridgehead atoms. The van der Waals surface area contributed by atoms with E-state index in [9.17, 15) is 9.90 Å². The van der Waals surface area contributed by atoms with Crippen molar-refractivity contribution >= 4 is 33.1 Å². The number of carbonyl (C=O) groups excluding carboxylic acids is 1. The van der Waals surface area contributed by atoms with Crippen LogP contribution < -0.4 is 11.1 Å². The summed E-state index contributed by atoms with van der Waals surface area (Å²) in [4.78, 5) is 13.4. The highest BCUT2D eigenvalue weighted by Crippen LogP contribution is 2.38. The monoisotopic (exact) mass is 292 g/mol. The molecule has 0 unspecified atom stereocenters. The first kappa shape index (κ1) is 13.3. The number of anilines is 1. The second kappa shape index (κ2) is 4.39. The van der Waals surface area contributed by atoms with Crippen LogP contribution in [0.3, 0.4) is 0 Å². The molecule has 0 saturated heterocycles. The number of nitrogen functional groups attached to an aromatic ring is 1. The van der Waals surface area contributed by atoms with Crippen LogP contribution in [0.15, 0.2) is 0 Å². The maximum Gasteiger partial charge on any atom is 0.264 e. The average Bonchev–Trinajstić information content (AvgIpc) is 3.11. The number of hydrogen-bond donors (Lipinski definition) is 3. The first-order chi connectivity index (χ1) is 9.47. The highest BCUT2D eigenvalue weighted by Gasteiger charge is 2.44. The van der Waals surface area contributed by atoms with E-state index in [1.165, 1.54) is 11.3 Å². The summed E-state index contributed by atoms with van der Waals surface area (Å²) in [5, 5.41) is 21.1. The Kier molecular flexibility index (Phi) is 2.91. The summed E-state index contributed by atoms with van der Waals surface area (Å²) >= 11 is 1.24. The fourth-order valence-electron chi connectivity index (χ4n) is 2.18. The largest absolute Gasteiger partial charge is 0.397 e. The summed E-state index contributed by atoms with van der Waals surface area (Å²) in [6, 6.07) is 0. The van der Waals surface area contributed by atoms with E-state index in [4.69, 9.17) is 5.73 Å². The van der Waals surface area contributed by atoms with Crippen molar-refractivity contribution in [3.8, 4) is 0 Å². The molecule has 0 atom stereocenters. The van der Waals surface area contributed by atoms with Gasteiger partial charge in [0, 0.05) is 5.39 Å². The molecule has 2 heterocycles. The van der Waals surface area contributed by atoms with Gasteiger partial charge in [-0.2, -0.15) is 5.10 Å². The molecule has 20 heavy (non-hydrogen) atoms. The van der Waals surface area contributed by atoms with Crippen LogP contribution in [0.1, 0.15) is 33.8 Å². The number of nitrogens with two attached hydrogens (primary N) is 1. The van der Waals surface area contributed by atoms with E-state index in [0.717, 1.165) is 29.5 Å². The van der Waals surface area contributed by atoms with Gasteiger partial charge in [0.2, 0.25) is 0 Å². The minimum atomic E-state index is -0.448. The van der Waals surface area contributed by atoms with Gasteiger partial charge < -0.3 is 16.2 Å². The third-order valence-electron chi connectivity index (χ3n) is 3.88. The zero-order valence-electron chi connectivity index (χ0n) is 11.4. The Labute approximate surface area is 120 Å². The Morgan fingerprint density at radius 2 is 2.15 bits per heavy atom. The molecule has 1 fully saturated rings. The lowest BCUT2D eigenvalue weighted by molar-refractivity contribution is 0.0912. The Morgan fingerprint density at radius 1 is 1.45 bits per heavy atom. The molecule has 2 aromatic heterocycles. The lowest BCUT2D eigenvalue weighted by Crippen LogP contribution is -2.39. The number of fused-ring (bicyclic) bond motifs is 1. The number of nitrogens with zero attached hydrogens (tertiary/aromatic N) is 2. The van der Waals surface area contributed by atoms with Crippen LogP contribution in [0.4, 0.5) is 5.69 Å². The highest BCUT2D eigenvalue weighted by atomic mass is 32.1. The van der Waals surface area contributed by atoms with Crippen LogP contribution in [-0.4, -0.2) is 33.4 Å². The molecule has 2 aromatic rings. The third kappa shape index (κ3) is 1.94. The van der Waals surface area contributed by atoms with E-state index in [1.807, 2.05) is 13.8 Å². The van der Waals surface area contributed by atoms with E-state index >= 15 is 0 Å². The summed E-state index contributed by atoms with van der Waals surface area (Å²) in [6.07, 6.45) is 1.61. The molecule has 1 aliphatic rings. The van der Waals surface area contributed by atoms with E-state index in [1.54, 1.807) is 0 Å². The average molecular weight is 292 g/mol. The number of rotatable bonds is 3. The highest BCUT2D eigenvalue weighted by molar-refractivity contribution is 7.21. The van der Waals surface area contributed by atoms with Gasteiger partial charge in [0.15, 0.2) is 0 Å². The van der Waals surface area contributed by atoms with Crippen molar-refractivity contribution in [3.05, 3.63) is 16.1 Å². The summed E-state index contributed by atoms with van der Waals surface area (Å²) in [7, 11) is 0. The molecule has 1 aliphatic carbocycles. The maximum atomic E-state index is 12.3. The van der Waals surface area contributed by atoms with Crippen molar-refractivity contribution in [2.24, 2.45) is 0 Å². The predicted molar refractivity (Wildman–Crippen MR) is 77.8 cm³/mol. The lowest BCUT2D eigenvalue weighted by Gasteiger charge is -2.13. The smallest absolute Gasteiger partial charge is 0.264 e. The number of aliphatic hydroxyl groups excluding tert-OH is 1. The van der Waals surface area contributed by atoms with Crippen molar-refractivity contribution < 1.29 is 9.90 Å². The first-order valence-corrected chi connectivity index (χ1v) is 7.24. The number of aryl methyl sites for hydroxylation is 2. The molecule has 0 aliphatic heterocycles.